The monoisotopic (exact) mass is 311 g/mol. The minimum Gasteiger partial charge on any atom is -0.487 e. The number of halogens is 1. The van der Waals surface area contributed by atoms with Gasteiger partial charge in [-0.3, -0.25) is 20.3 Å². The van der Waals surface area contributed by atoms with Gasteiger partial charge in [-0.1, -0.05) is 11.6 Å². The van der Waals surface area contributed by atoms with E-state index in [0.29, 0.717) is 5.56 Å². The van der Waals surface area contributed by atoms with Gasteiger partial charge in [0.25, 0.3) is 5.69 Å². The van der Waals surface area contributed by atoms with Crippen molar-refractivity contribution in [2.24, 2.45) is 5.84 Å². The quantitative estimate of drug-likeness (QED) is 0.377. The number of nitro groups is 1. The number of furan rings is 1. The van der Waals surface area contributed by atoms with Gasteiger partial charge in [0.1, 0.15) is 12.4 Å². The van der Waals surface area contributed by atoms with Gasteiger partial charge in [-0.2, -0.15) is 0 Å². The predicted octanol–water partition coefficient (Wildman–Crippen LogP) is 2.02. The topological polar surface area (TPSA) is 121 Å². The van der Waals surface area contributed by atoms with Crippen LogP contribution in [0.2, 0.25) is 5.02 Å². The molecule has 0 bridgehead atoms. The minimum atomic E-state index is -0.608. The zero-order chi connectivity index (χ0) is 15.4. The van der Waals surface area contributed by atoms with E-state index in [1.165, 1.54) is 30.5 Å². The molecular weight excluding hydrogens is 302 g/mol. The molecule has 1 amide bonds. The van der Waals surface area contributed by atoms with E-state index in [0.717, 1.165) is 0 Å². The van der Waals surface area contributed by atoms with E-state index in [-0.39, 0.29) is 28.8 Å². The van der Waals surface area contributed by atoms with E-state index < -0.39 is 10.8 Å². The molecule has 0 fully saturated rings. The standard InChI is InChI=1S/C12H10ClN3O5/c13-9-2-1-8(16(18)19)5-10(9)21-6-7-3-4-20-11(7)12(17)15-14/h1-5H,6,14H2,(H,15,17). The molecule has 0 aliphatic carbocycles. The van der Waals surface area contributed by atoms with Gasteiger partial charge in [0.05, 0.1) is 22.3 Å². The number of nitrogens with one attached hydrogen (secondary N) is 1. The van der Waals surface area contributed by atoms with Crippen molar-refractivity contribution in [2.75, 3.05) is 0 Å². The Morgan fingerprint density at radius 2 is 2.24 bits per heavy atom. The fourth-order valence-corrected chi connectivity index (χ4v) is 1.76. The molecule has 1 heterocycles. The van der Waals surface area contributed by atoms with E-state index in [9.17, 15) is 14.9 Å². The Morgan fingerprint density at radius 1 is 1.48 bits per heavy atom. The first-order chi connectivity index (χ1) is 10.0. The molecule has 0 spiro atoms. The van der Waals surface area contributed by atoms with Gasteiger partial charge in [-0.15, -0.1) is 0 Å². The molecule has 0 atom stereocenters. The third-order valence-electron chi connectivity index (χ3n) is 2.59. The highest BCUT2D eigenvalue weighted by Crippen LogP contribution is 2.29. The van der Waals surface area contributed by atoms with Crippen LogP contribution in [0.1, 0.15) is 16.1 Å². The van der Waals surface area contributed by atoms with Crippen LogP contribution in [0.15, 0.2) is 34.9 Å². The zero-order valence-electron chi connectivity index (χ0n) is 10.5. The van der Waals surface area contributed by atoms with Crippen LogP contribution in [-0.2, 0) is 6.61 Å². The highest BCUT2D eigenvalue weighted by molar-refractivity contribution is 6.32. The van der Waals surface area contributed by atoms with Crippen molar-refractivity contribution in [2.45, 2.75) is 6.61 Å². The molecule has 1 aromatic carbocycles. The molecule has 0 radical (unpaired) electrons. The Balaban J connectivity index is 2.17. The molecule has 1 aromatic heterocycles. The number of carbonyl (C=O) groups is 1. The molecule has 21 heavy (non-hydrogen) atoms. The number of nitrogen functional groups attached to an aromatic ring is 1. The number of nitro benzene ring substituents is 1. The highest BCUT2D eigenvalue weighted by atomic mass is 35.5. The van der Waals surface area contributed by atoms with E-state index in [2.05, 4.69) is 0 Å². The molecule has 0 saturated carbocycles. The molecule has 110 valence electrons. The van der Waals surface area contributed by atoms with Crippen molar-refractivity contribution in [1.29, 1.82) is 0 Å². The Labute approximate surface area is 123 Å². The van der Waals surface area contributed by atoms with Crippen LogP contribution in [0.25, 0.3) is 0 Å². The fourth-order valence-electron chi connectivity index (χ4n) is 1.59. The van der Waals surface area contributed by atoms with Crippen LogP contribution in [0.3, 0.4) is 0 Å². The number of hydrogen-bond acceptors (Lipinski definition) is 6. The molecule has 2 aromatic rings. The highest BCUT2D eigenvalue weighted by Gasteiger charge is 2.16. The summed E-state index contributed by atoms with van der Waals surface area (Å²) in [7, 11) is 0. The Hall–Kier alpha value is -2.58. The normalized spacial score (nSPS) is 10.2. The number of rotatable bonds is 5. The number of hydrogen-bond donors (Lipinski definition) is 2. The lowest BCUT2D eigenvalue weighted by atomic mass is 10.2. The maximum atomic E-state index is 11.4. The second-order valence-corrected chi connectivity index (χ2v) is 4.32. The maximum absolute atomic E-state index is 11.4. The largest absolute Gasteiger partial charge is 0.487 e. The van der Waals surface area contributed by atoms with Gasteiger partial charge >= 0.3 is 5.91 Å². The molecule has 3 N–H and O–H groups in total. The Morgan fingerprint density at radius 3 is 2.90 bits per heavy atom. The van der Waals surface area contributed by atoms with Crippen molar-refractivity contribution >= 4 is 23.2 Å². The summed E-state index contributed by atoms with van der Waals surface area (Å²) in [6.07, 6.45) is 1.30. The summed E-state index contributed by atoms with van der Waals surface area (Å²) in [5, 5.41) is 10.9. The van der Waals surface area contributed by atoms with Crippen molar-refractivity contribution < 1.29 is 18.9 Å². The predicted molar refractivity (Wildman–Crippen MR) is 72.8 cm³/mol. The molecule has 2 rings (SSSR count). The molecule has 0 saturated heterocycles. The summed E-state index contributed by atoms with van der Waals surface area (Å²) in [4.78, 5) is 21.6. The van der Waals surface area contributed by atoms with Crippen LogP contribution in [0.4, 0.5) is 5.69 Å². The van der Waals surface area contributed by atoms with Gasteiger partial charge in [0, 0.05) is 11.6 Å². The van der Waals surface area contributed by atoms with Crippen molar-refractivity contribution in [3.63, 3.8) is 0 Å². The van der Waals surface area contributed by atoms with Gasteiger partial charge < -0.3 is 9.15 Å². The second kappa shape index (κ2) is 6.25. The lowest BCUT2D eigenvalue weighted by Gasteiger charge is -2.07. The number of nitrogens with two attached hydrogens (primary N) is 1. The number of nitrogens with zero attached hydrogens (tertiary/aromatic N) is 1. The SMILES string of the molecule is NNC(=O)c1occc1COc1cc([N+](=O)[O-])ccc1Cl. The summed E-state index contributed by atoms with van der Waals surface area (Å²) in [5.74, 6) is 4.54. The van der Waals surface area contributed by atoms with Crippen LogP contribution >= 0.6 is 11.6 Å². The number of non-ortho nitro benzene ring substituents is 1. The first-order valence-corrected chi connectivity index (χ1v) is 6.04. The number of ether oxygens (including phenoxy) is 1. The summed E-state index contributed by atoms with van der Waals surface area (Å²) >= 11 is 5.90. The van der Waals surface area contributed by atoms with Crippen LogP contribution < -0.4 is 16.0 Å². The number of benzene rings is 1. The average Bonchev–Trinajstić information content (AvgIpc) is 2.93. The summed E-state index contributed by atoms with van der Waals surface area (Å²) in [6.45, 7) is -0.0554. The van der Waals surface area contributed by atoms with Crippen LogP contribution in [-0.4, -0.2) is 10.8 Å². The molecule has 0 aliphatic heterocycles. The van der Waals surface area contributed by atoms with Gasteiger partial charge in [0.15, 0.2) is 5.76 Å². The minimum absolute atomic E-state index is 0.000877. The summed E-state index contributed by atoms with van der Waals surface area (Å²) in [5.41, 5.74) is 2.22. The number of carbonyl (C=O) groups excluding carboxylic acids is 1. The van der Waals surface area contributed by atoms with E-state index in [4.69, 9.17) is 26.6 Å². The molecular formula is C12H10ClN3O5. The van der Waals surface area contributed by atoms with E-state index in [1.54, 1.807) is 0 Å². The van der Waals surface area contributed by atoms with Gasteiger partial charge in [-0.05, 0) is 12.1 Å². The van der Waals surface area contributed by atoms with Crippen molar-refractivity contribution in [3.05, 3.63) is 57.0 Å². The fraction of sp³-hybridized carbons (Fsp3) is 0.0833. The van der Waals surface area contributed by atoms with Crippen LogP contribution in [0, 0.1) is 10.1 Å². The van der Waals surface area contributed by atoms with E-state index >= 15 is 0 Å². The zero-order valence-corrected chi connectivity index (χ0v) is 11.3. The van der Waals surface area contributed by atoms with Gasteiger partial charge in [0.2, 0.25) is 0 Å². The third-order valence-corrected chi connectivity index (χ3v) is 2.91. The number of amides is 1. The molecule has 8 nitrogen and oxygen atoms in total. The first kappa shape index (κ1) is 14.8. The first-order valence-electron chi connectivity index (χ1n) is 5.67. The van der Waals surface area contributed by atoms with Crippen molar-refractivity contribution in [3.8, 4) is 5.75 Å². The maximum Gasteiger partial charge on any atom is 0.301 e. The Kier molecular flexibility index (Phi) is 4.41. The summed E-state index contributed by atoms with van der Waals surface area (Å²) < 4.78 is 10.4. The summed E-state index contributed by atoms with van der Waals surface area (Å²) in [6, 6.07) is 5.35. The Bertz CT molecular complexity index is 685. The lowest BCUT2D eigenvalue weighted by molar-refractivity contribution is -0.384. The molecule has 0 aliphatic rings. The molecule has 0 unspecified atom stereocenters. The van der Waals surface area contributed by atoms with E-state index in [1.807, 2.05) is 5.43 Å². The average molecular weight is 312 g/mol. The van der Waals surface area contributed by atoms with Gasteiger partial charge in [-0.25, -0.2) is 5.84 Å². The number of hydrazine groups is 1. The third kappa shape index (κ3) is 3.30. The lowest BCUT2D eigenvalue weighted by Crippen LogP contribution is -2.30. The van der Waals surface area contributed by atoms with Crippen molar-refractivity contribution in [1.82, 2.24) is 5.43 Å². The molecule has 9 heteroatoms. The van der Waals surface area contributed by atoms with Crippen LogP contribution in [0.5, 0.6) is 5.75 Å². The second-order valence-electron chi connectivity index (χ2n) is 3.91. The smallest absolute Gasteiger partial charge is 0.301 e.